The Morgan fingerprint density at radius 2 is 0.532 bits per heavy atom. The van der Waals surface area contributed by atoms with E-state index in [1.54, 1.807) is 0 Å². The molecule has 0 aliphatic heterocycles. The Hall–Kier alpha value is -4.19. The Labute approximate surface area is 475 Å². The van der Waals surface area contributed by atoms with Gasteiger partial charge in [0, 0.05) is 19.3 Å². The van der Waals surface area contributed by atoms with Crippen molar-refractivity contribution in [3.05, 3.63) is 122 Å². The van der Waals surface area contributed by atoms with Crippen LogP contribution in [0.1, 0.15) is 290 Å². The molecule has 0 bridgehead atoms. The van der Waals surface area contributed by atoms with Crippen molar-refractivity contribution in [3.63, 3.8) is 0 Å². The van der Waals surface area contributed by atoms with Gasteiger partial charge >= 0.3 is 17.9 Å². The van der Waals surface area contributed by atoms with Gasteiger partial charge in [0.1, 0.15) is 13.2 Å². The minimum atomic E-state index is -0.794. The van der Waals surface area contributed by atoms with Crippen molar-refractivity contribution in [3.8, 4) is 0 Å². The molecule has 0 saturated carbocycles. The van der Waals surface area contributed by atoms with E-state index in [2.05, 4.69) is 142 Å². The topological polar surface area (TPSA) is 78.9 Å². The number of unbranched alkanes of at least 4 members (excludes halogenated alkanes) is 26. The van der Waals surface area contributed by atoms with Crippen molar-refractivity contribution in [2.45, 2.75) is 297 Å². The van der Waals surface area contributed by atoms with Gasteiger partial charge in [-0.25, -0.2) is 0 Å². The zero-order valence-corrected chi connectivity index (χ0v) is 50.2. The number of ether oxygens (including phenoxy) is 3. The second kappa shape index (κ2) is 64.3. The summed E-state index contributed by atoms with van der Waals surface area (Å²) < 4.78 is 16.9. The summed E-state index contributed by atoms with van der Waals surface area (Å²) in [6.45, 7) is 6.44. The second-order valence-corrected chi connectivity index (χ2v) is 20.9. The summed E-state index contributed by atoms with van der Waals surface area (Å²) in [5.41, 5.74) is 0. The van der Waals surface area contributed by atoms with Gasteiger partial charge in [-0.15, -0.1) is 0 Å². The molecule has 77 heavy (non-hydrogen) atoms. The van der Waals surface area contributed by atoms with Crippen LogP contribution in [0.25, 0.3) is 0 Å². The highest BCUT2D eigenvalue weighted by atomic mass is 16.6. The van der Waals surface area contributed by atoms with Crippen LogP contribution < -0.4 is 0 Å². The maximum atomic E-state index is 12.9. The van der Waals surface area contributed by atoms with E-state index in [0.717, 1.165) is 141 Å². The van der Waals surface area contributed by atoms with E-state index >= 15 is 0 Å². The summed E-state index contributed by atoms with van der Waals surface area (Å²) in [5, 5.41) is 0. The smallest absolute Gasteiger partial charge is 0.306 e. The van der Waals surface area contributed by atoms with Crippen molar-refractivity contribution >= 4 is 17.9 Å². The van der Waals surface area contributed by atoms with Crippen LogP contribution >= 0.6 is 0 Å². The van der Waals surface area contributed by atoms with Crippen LogP contribution in [0.15, 0.2) is 122 Å². The van der Waals surface area contributed by atoms with Gasteiger partial charge in [0.15, 0.2) is 6.10 Å². The van der Waals surface area contributed by atoms with Gasteiger partial charge in [-0.3, -0.25) is 14.4 Å². The molecule has 0 aliphatic rings. The minimum absolute atomic E-state index is 0.0919. The third-order valence-electron chi connectivity index (χ3n) is 13.4. The molecule has 0 radical (unpaired) electrons. The van der Waals surface area contributed by atoms with E-state index < -0.39 is 6.10 Å². The molecule has 0 heterocycles. The molecule has 1 atom stereocenters. The van der Waals surface area contributed by atoms with Crippen LogP contribution in [0.2, 0.25) is 0 Å². The van der Waals surface area contributed by atoms with E-state index in [1.807, 2.05) is 0 Å². The van der Waals surface area contributed by atoms with Gasteiger partial charge in [0.25, 0.3) is 0 Å². The van der Waals surface area contributed by atoms with Crippen molar-refractivity contribution < 1.29 is 28.6 Å². The first-order valence-corrected chi connectivity index (χ1v) is 32.0. The average molecular weight is 1070 g/mol. The minimum Gasteiger partial charge on any atom is -0.462 e. The van der Waals surface area contributed by atoms with Gasteiger partial charge in [0.05, 0.1) is 0 Å². The number of allylic oxidation sites excluding steroid dienone is 20. The molecule has 0 aromatic rings. The molecule has 0 spiro atoms. The van der Waals surface area contributed by atoms with Crippen LogP contribution in [0.3, 0.4) is 0 Å². The molecular formula is C71H118O6. The molecule has 0 amide bonds. The molecule has 0 aromatic heterocycles. The molecule has 0 N–H and O–H groups in total. The number of esters is 3. The van der Waals surface area contributed by atoms with Crippen LogP contribution in [-0.4, -0.2) is 37.2 Å². The summed E-state index contributed by atoms with van der Waals surface area (Å²) in [7, 11) is 0. The predicted molar refractivity (Wildman–Crippen MR) is 334 cm³/mol. The van der Waals surface area contributed by atoms with E-state index in [0.29, 0.717) is 19.3 Å². The predicted octanol–water partition coefficient (Wildman–Crippen LogP) is 22.0. The lowest BCUT2D eigenvalue weighted by molar-refractivity contribution is -0.167. The Kier molecular flexibility index (Phi) is 60.8. The van der Waals surface area contributed by atoms with Crippen molar-refractivity contribution in [1.29, 1.82) is 0 Å². The summed E-state index contributed by atoms with van der Waals surface area (Å²) in [4.78, 5) is 38.3. The largest absolute Gasteiger partial charge is 0.462 e. The fourth-order valence-corrected chi connectivity index (χ4v) is 8.63. The number of carbonyl (C=O) groups excluding carboxylic acids is 3. The summed E-state index contributed by atoms with van der Waals surface area (Å²) in [6, 6.07) is 0. The molecular weight excluding hydrogens is 949 g/mol. The third kappa shape index (κ3) is 62.5. The Bertz CT molecular complexity index is 1600. The monoisotopic (exact) mass is 1070 g/mol. The van der Waals surface area contributed by atoms with Crippen molar-refractivity contribution in [2.24, 2.45) is 0 Å². The maximum Gasteiger partial charge on any atom is 0.306 e. The SMILES string of the molecule is CC/C=C\C/C=C\C/C=C\C/C=C\C/C=C\C/C=C\C/C=C\CCCCCCCCCC(=O)OCC(COC(=O)CCCCCCC/C=C\C/C=C\CCC)OC(=O)CCCCCCCCC/C=C\CCCCCCCC. The van der Waals surface area contributed by atoms with Crippen LogP contribution in [0, 0.1) is 0 Å². The first kappa shape index (κ1) is 72.8. The summed E-state index contributed by atoms with van der Waals surface area (Å²) >= 11 is 0. The average Bonchev–Trinajstić information content (AvgIpc) is 3.43. The number of rotatable bonds is 57. The lowest BCUT2D eigenvalue weighted by atomic mass is 10.1. The molecule has 6 nitrogen and oxygen atoms in total. The normalized spacial score (nSPS) is 12.9. The van der Waals surface area contributed by atoms with Gasteiger partial charge in [-0.05, 0) is 128 Å². The fraction of sp³-hybridized carbons (Fsp3) is 0.676. The highest BCUT2D eigenvalue weighted by Crippen LogP contribution is 2.15. The van der Waals surface area contributed by atoms with E-state index in [4.69, 9.17) is 14.2 Å². The standard InChI is InChI=1S/C71H118O6/c1-4-7-10-13-16-19-22-25-27-29-30-31-32-33-34-35-36-37-38-39-40-42-43-46-49-52-55-58-61-64-70(73)76-67-68(66-75-69(72)63-60-57-54-51-48-45-24-21-18-15-12-9-6-3)77-71(74)65-62-59-56-53-50-47-44-41-28-26-23-20-17-14-11-8-5-2/h7,10,12,15-16,19,21,24-28,30-31,33-34,36-37,39-40,68H,4-6,8-9,11,13-14,17-18,20,22-23,29,32,35,38,41-67H2,1-3H3/b10-7-,15-12-,19-16-,24-21-,27-25-,28-26-,31-30-,34-33-,37-36-,40-39-. The van der Waals surface area contributed by atoms with Crippen molar-refractivity contribution in [1.82, 2.24) is 0 Å². The molecule has 0 fully saturated rings. The quantitative estimate of drug-likeness (QED) is 0.0261. The van der Waals surface area contributed by atoms with Gasteiger partial charge in [0.2, 0.25) is 0 Å². The lowest BCUT2D eigenvalue weighted by Crippen LogP contribution is -2.30. The van der Waals surface area contributed by atoms with Gasteiger partial charge in [-0.2, -0.15) is 0 Å². The molecule has 0 rings (SSSR count). The van der Waals surface area contributed by atoms with Crippen LogP contribution in [0.4, 0.5) is 0 Å². The van der Waals surface area contributed by atoms with Crippen LogP contribution in [-0.2, 0) is 28.6 Å². The molecule has 438 valence electrons. The van der Waals surface area contributed by atoms with Gasteiger partial charge < -0.3 is 14.2 Å². The van der Waals surface area contributed by atoms with Crippen molar-refractivity contribution in [2.75, 3.05) is 13.2 Å². The number of hydrogen-bond donors (Lipinski definition) is 0. The molecule has 0 saturated heterocycles. The molecule has 0 aromatic carbocycles. The number of carbonyl (C=O) groups is 3. The summed E-state index contributed by atoms with van der Waals surface area (Å²) in [5.74, 6) is -0.916. The molecule has 0 aliphatic carbocycles. The third-order valence-corrected chi connectivity index (χ3v) is 13.4. The van der Waals surface area contributed by atoms with Gasteiger partial charge in [-0.1, -0.05) is 264 Å². The molecule has 1 unspecified atom stereocenters. The number of hydrogen-bond acceptors (Lipinski definition) is 6. The zero-order chi connectivity index (χ0) is 55.7. The first-order chi connectivity index (χ1) is 38.0. The highest BCUT2D eigenvalue weighted by Gasteiger charge is 2.19. The van der Waals surface area contributed by atoms with E-state index in [-0.39, 0.29) is 31.1 Å². The fourth-order valence-electron chi connectivity index (χ4n) is 8.63. The molecule has 6 heteroatoms. The maximum absolute atomic E-state index is 12.9. The van der Waals surface area contributed by atoms with E-state index in [1.165, 1.54) is 109 Å². The highest BCUT2D eigenvalue weighted by molar-refractivity contribution is 5.71. The Balaban J connectivity index is 4.34. The van der Waals surface area contributed by atoms with E-state index in [9.17, 15) is 14.4 Å². The zero-order valence-electron chi connectivity index (χ0n) is 50.2. The Morgan fingerprint density at radius 1 is 0.273 bits per heavy atom. The summed E-state index contributed by atoms with van der Waals surface area (Å²) in [6.07, 6.45) is 89.1. The second-order valence-electron chi connectivity index (χ2n) is 20.9. The van der Waals surface area contributed by atoms with Crippen LogP contribution in [0.5, 0.6) is 0 Å². The Morgan fingerprint density at radius 3 is 0.857 bits per heavy atom. The first-order valence-electron chi connectivity index (χ1n) is 32.0. The lowest BCUT2D eigenvalue weighted by Gasteiger charge is -2.18.